The summed E-state index contributed by atoms with van der Waals surface area (Å²) >= 11 is 0. The van der Waals surface area contributed by atoms with E-state index in [1.54, 1.807) is 6.33 Å². The summed E-state index contributed by atoms with van der Waals surface area (Å²) in [5.41, 5.74) is 3.07. The lowest BCUT2D eigenvalue weighted by Crippen LogP contribution is -2.07. The maximum absolute atomic E-state index is 4.39. The fourth-order valence-corrected chi connectivity index (χ4v) is 1.98. The Bertz CT molecular complexity index is 518. The monoisotopic (exact) mass is 245 g/mol. The number of hydrogen-bond acceptors (Lipinski definition) is 4. The molecule has 0 unspecified atom stereocenters. The zero-order chi connectivity index (χ0) is 13.0. The van der Waals surface area contributed by atoms with Gasteiger partial charge in [-0.15, -0.1) is 0 Å². The van der Waals surface area contributed by atoms with E-state index in [9.17, 15) is 0 Å². The average Bonchev–Trinajstić information content (AvgIpc) is 2.81. The summed E-state index contributed by atoms with van der Waals surface area (Å²) in [6.07, 6.45) is 4.47. The van der Waals surface area contributed by atoms with Gasteiger partial charge in [-0.3, -0.25) is 4.68 Å². The van der Waals surface area contributed by atoms with Crippen molar-refractivity contribution < 1.29 is 0 Å². The molecule has 0 amide bonds. The van der Waals surface area contributed by atoms with E-state index in [0.717, 1.165) is 42.3 Å². The molecule has 0 fully saturated rings. The molecule has 0 spiro atoms. The van der Waals surface area contributed by atoms with Gasteiger partial charge in [0.1, 0.15) is 12.1 Å². The van der Waals surface area contributed by atoms with Gasteiger partial charge in [0.15, 0.2) is 0 Å². The van der Waals surface area contributed by atoms with E-state index in [1.807, 2.05) is 23.9 Å². The largest absolute Gasteiger partial charge is 0.370 e. The third-order valence-corrected chi connectivity index (χ3v) is 2.82. The van der Waals surface area contributed by atoms with Gasteiger partial charge in [0.25, 0.3) is 0 Å². The molecule has 1 N–H and O–H groups in total. The van der Waals surface area contributed by atoms with Crippen LogP contribution in [0.15, 0.2) is 18.6 Å². The van der Waals surface area contributed by atoms with Crippen molar-refractivity contribution in [2.45, 2.75) is 33.7 Å². The van der Waals surface area contributed by atoms with E-state index in [2.05, 4.69) is 34.2 Å². The fraction of sp³-hybridized carbons (Fsp3) is 0.462. The summed E-state index contributed by atoms with van der Waals surface area (Å²) < 4.78 is 1.99. The van der Waals surface area contributed by atoms with Crippen LogP contribution in [-0.2, 0) is 6.54 Å². The molecule has 0 saturated heterocycles. The van der Waals surface area contributed by atoms with Gasteiger partial charge in [-0.05, 0) is 26.3 Å². The summed E-state index contributed by atoms with van der Waals surface area (Å²) in [6.45, 7) is 8.00. The van der Waals surface area contributed by atoms with Crippen molar-refractivity contribution in [1.29, 1.82) is 0 Å². The Kier molecular flexibility index (Phi) is 3.92. The van der Waals surface area contributed by atoms with Crippen LogP contribution in [0.3, 0.4) is 0 Å². The molecule has 96 valence electrons. The van der Waals surface area contributed by atoms with E-state index in [4.69, 9.17) is 0 Å². The van der Waals surface area contributed by atoms with Gasteiger partial charge in [0.05, 0.1) is 11.4 Å². The van der Waals surface area contributed by atoms with Crippen LogP contribution in [0.1, 0.15) is 25.8 Å². The quantitative estimate of drug-likeness (QED) is 0.879. The van der Waals surface area contributed by atoms with Crippen LogP contribution in [0.25, 0.3) is 11.4 Å². The minimum atomic E-state index is 0.853. The molecule has 2 heterocycles. The Balaban J connectivity index is 2.43. The molecule has 0 bridgehead atoms. The Morgan fingerprint density at radius 2 is 2.11 bits per heavy atom. The molecule has 0 aliphatic carbocycles. The summed E-state index contributed by atoms with van der Waals surface area (Å²) in [5, 5.41) is 7.58. The molecule has 0 atom stereocenters. The molecule has 2 rings (SSSR count). The van der Waals surface area contributed by atoms with Crippen molar-refractivity contribution in [2.75, 3.05) is 11.9 Å². The summed E-state index contributed by atoms with van der Waals surface area (Å²) in [4.78, 5) is 8.66. The van der Waals surface area contributed by atoms with Crippen molar-refractivity contribution in [3.05, 3.63) is 24.2 Å². The summed E-state index contributed by atoms with van der Waals surface area (Å²) in [6, 6.07) is 2.00. The van der Waals surface area contributed by atoms with Crippen molar-refractivity contribution in [3.8, 4) is 11.4 Å². The first-order valence-electron chi connectivity index (χ1n) is 6.35. The number of anilines is 1. The third-order valence-electron chi connectivity index (χ3n) is 2.82. The van der Waals surface area contributed by atoms with Crippen LogP contribution in [0.5, 0.6) is 0 Å². The minimum Gasteiger partial charge on any atom is -0.370 e. The second-order valence-corrected chi connectivity index (χ2v) is 4.17. The highest BCUT2D eigenvalue weighted by molar-refractivity contribution is 5.64. The first-order valence-corrected chi connectivity index (χ1v) is 6.35. The van der Waals surface area contributed by atoms with Gasteiger partial charge >= 0.3 is 0 Å². The van der Waals surface area contributed by atoms with Gasteiger partial charge in [0, 0.05) is 24.8 Å². The standard InChI is InChI=1S/C13H19N5/c1-4-8-18-11(6-7-17-18)12-10(3)13(14-5-2)16-9-15-12/h6-7,9H,4-5,8H2,1-3H3,(H,14,15,16). The number of nitrogens with one attached hydrogen (secondary N) is 1. The maximum Gasteiger partial charge on any atom is 0.132 e. The van der Waals surface area contributed by atoms with Crippen molar-refractivity contribution in [2.24, 2.45) is 0 Å². The van der Waals surface area contributed by atoms with Crippen LogP contribution in [0, 0.1) is 6.92 Å². The fourth-order valence-electron chi connectivity index (χ4n) is 1.98. The van der Waals surface area contributed by atoms with E-state index in [1.165, 1.54) is 0 Å². The van der Waals surface area contributed by atoms with Crippen molar-refractivity contribution in [1.82, 2.24) is 19.7 Å². The van der Waals surface area contributed by atoms with Gasteiger partial charge < -0.3 is 5.32 Å². The van der Waals surface area contributed by atoms with Crippen LogP contribution in [0.2, 0.25) is 0 Å². The van der Waals surface area contributed by atoms with Crippen LogP contribution < -0.4 is 5.32 Å². The smallest absolute Gasteiger partial charge is 0.132 e. The lowest BCUT2D eigenvalue weighted by atomic mass is 10.2. The van der Waals surface area contributed by atoms with Gasteiger partial charge in [-0.1, -0.05) is 6.92 Å². The third kappa shape index (κ3) is 2.34. The van der Waals surface area contributed by atoms with E-state index in [-0.39, 0.29) is 0 Å². The van der Waals surface area contributed by atoms with Crippen LogP contribution in [0.4, 0.5) is 5.82 Å². The Morgan fingerprint density at radius 3 is 2.83 bits per heavy atom. The second kappa shape index (κ2) is 5.62. The minimum absolute atomic E-state index is 0.853. The Morgan fingerprint density at radius 1 is 1.28 bits per heavy atom. The molecule has 5 nitrogen and oxygen atoms in total. The predicted molar refractivity (Wildman–Crippen MR) is 72.4 cm³/mol. The molecule has 0 radical (unpaired) electrons. The lowest BCUT2D eigenvalue weighted by Gasteiger charge is -2.11. The second-order valence-electron chi connectivity index (χ2n) is 4.17. The highest BCUT2D eigenvalue weighted by atomic mass is 15.3. The first-order chi connectivity index (χ1) is 8.77. The molecule has 5 heteroatoms. The van der Waals surface area contributed by atoms with E-state index in [0.29, 0.717) is 0 Å². The topological polar surface area (TPSA) is 55.6 Å². The molecule has 0 aliphatic heterocycles. The van der Waals surface area contributed by atoms with Crippen molar-refractivity contribution in [3.63, 3.8) is 0 Å². The SMILES string of the molecule is CCCn1nccc1-c1ncnc(NCC)c1C. The normalized spacial score (nSPS) is 10.6. The first kappa shape index (κ1) is 12.5. The van der Waals surface area contributed by atoms with Gasteiger partial charge in [0.2, 0.25) is 0 Å². The predicted octanol–water partition coefficient (Wildman–Crippen LogP) is 2.49. The number of aryl methyl sites for hydroxylation is 1. The zero-order valence-corrected chi connectivity index (χ0v) is 11.1. The van der Waals surface area contributed by atoms with E-state index < -0.39 is 0 Å². The molecule has 0 aliphatic rings. The molecule has 0 aromatic carbocycles. The lowest BCUT2D eigenvalue weighted by molar-refractivity contribution is 0.607. The van der Waals surface area contributed by atoms with Crippen LogP contribution >= 0.6 is 0 Å². The highest BCUT2D eigenvalue weighted by Gasteiger charge is 2.12. The number of hydrogen-bond donors (Lipinski definition) is 1. The number of nitrogens with zero attached hydrogens (tertiary/aromatic N) is 4. The molecular weight excluding hydrogens is 226 g/mol. The summed E-state index contributed by atoms with van der Waals surface area (Å²) in [7, 11) is 0. The Labute approximate surface area is 107 Å². The van der Waals surface area contributed by atoms with Gasteiger partial charge in [-0.25, -0.2) is 9.97 Å². The molecule has 18 heavy (non-hydrogen) atoms. The Hall–Kier alpha value is -1.91. The molecule has 0 saturated carbocycles. The number of aromatic nitrogens is 4. The molecular formula is C13H19N5. The average molecular weight is 245 g/mol. The highest BCUT2D eigenvalue weighted by Crippen LogP contribution is 2.24. The zero-order valence-electron chi connectivity index (χ0n) is 11.1. The van der Waals surface area contributed by atoms with Gasteiger partial charge in [-0.2, -0.15) is 5.10 Å². The summed E-state index contributed by atoms with van der Waals surface area (Å²) in [5.74, 6) is 0.895. The van der Waals surface area contributed by atoms with Crippen molar-refractivity contribution >= 4 is 5.82 Å². The number of rotatable bonds is 5. The molecule has 2 aromatic rings. The van der Waals surface area contributed by atoms with Crippen LogP contribution in [-0.4, -0.2) is 26.3 Å². The maximum atomic E-state index is 4.39. The molecule has 2 aromatic heterocycles. The van der Waals surface area contributed by atoms with E-state index >= 15 is 0 Å².